The van der Waals surface area contributed by atoms with Crippen molar-refractivity contribution >= 4 is 32.5 Å². The predicted octanol–water partition coefficient (Wildman–Crippen LogP) is 3.45. The molecule has 0 radical (unpaired) electrons. The van der Waals surface area contributed by atoms with Crippen molar-refractivity contribution in [3.05, 3.63) is 35.5 Å². The van der Waals surface area contributed by atoms with Crippen molar-refractivity contribution in [3.63, 3.8) is 0 Å². The van der Waals surface area contributed by atoms with Crippen LogP contribution < -0.4 is 0 Å². The van der Waals surface area contributed by atoms with Crippen LogP contribution in [-0.2, 0) is 10.0 Å². The second-order valence-electron chi connectivity index (χ2n) is 5.45. The van der Waals surface area contributed by atoms with E-state index in [1.54, 1.807) is 37.4 Å². The number of benzene rings is 1. The second-order valence-corrected chi connectivity index (χ2v) is 7.83. The maximum Gasteiger partial charge on any atom is 0.243 e. The zero-order valence-electron chi connectivity index (χ0n) is 11.8. The summed E-state index contributed by atoms with van der Waals surface area (Å²) in [4.78, 5) is 4.49. The molecule has 4 nitrogen and oxygen atoms in total. The summed E-state index contributed by atoms with van der Waals surface area (Å²) in [5.41, 5.74) is 0.699. The highest BCUT2D eigenvalue weighted by Crippen LogP contribution is 2.28. The molecule has 0 spiro atoms. The van der Waals surface area contributed by atoms with Gasteiger partial charge in [0.05, 0.1) is 10.4 Å². The molecule has 112 valence electrons. The van der Waals surface area contributed by atoms with Crippen LogP contribution in [-0.4, -0.2) is 30.8 Å². The van der Waals surface area contributed by atoms with Crippen molar-refractivity contribution in [2.75, 3.05) is 7.05 Å². The highest BCUT2D eigenvalue weighted by Gasteiger charge is 2.30. The SMILES string of the molecule is CN(C1CCCC1)S(=O)(=O)c1ccc2nc(Cl)ccc2c1. The van der Waals surface area contributed by atoms with Crippen LogP contribution in [0.1, 0.15) is 25.7 Å². The molecule has 1 aromatic carbocycles. The molecule has 1 heterocycles. The van der Waals surface area contributed by atoms with E-state index in [9.17, 15) is 8.42 Å². The number of fused-ring (bicyclic) bond motifs is 1. The zero-order chi connectivity index (χ0) is 15.0. The first-order valence-corrected chi connectivity index (χ1v) is 8.84. The van der Waals surface area contributed by atoms with Gasteiger partial charge in [-0.2, -0.15) is 4.31 Å². The topological polar surface area (TPSA) is 50.3 Å². The molecule has 6 heteroatoms. The van der Waals surface area contributed by atoms with Gasteiger partial charge in [-0.25, -0.2) is 13.4 Å². The lowest BCUT2D eigenvalue weighted by molar-refractivity contribution is 0.373. The predicted molar refractivity (Wildman–Crippen MR) is 84.0 cm³/mol. The number of hydrogen-bond acceptors (Lipinski definition) is 3. The van der Waals surface area contributed by atoms with Crippen LogP contribution >= 0.6 is 11.6 Å². The van der Waals surface area contributed by atoms with E-state index >= 15 is 0 Å². The molecule has 0 aliphatic heterocycles. The summed E-state index contributed by atoms with van der Waals surface area (Å²) in [6, 6.07) is 8.55. The third-order valence-electron chi connectivity index (χ3n) is 4.14. The lowest BCUT2D eigenvalue weighted by Gasteiger charge is -2.23. The van der Waals surface area contributed by atoms with Crippen molar-refractivity contribution < 1.29 is 8.42 Å². The minimum absolute atomic E-state index is 0.119. The lowest BCUT2D eigenvalue weighted by atomic mass is 10.2. The van der Waals surface area contributed by atoms with E-state index in [-0.39, 0.29) is 6.04 Å². The second kappa shape index (κ2) is 5.55. The molecule has 1 aromatic heterocycles. The smallest absolute Gasteiger partial charge is 0.236 e. The van der Waals surface area contributed by atoms with Crippen LogP contribution in [0.15, 0.2) is 35.2 Å². The Balaban J connectivity index is 2.00. The van der Waals surface area contributed by atoms with Crippen LogP contribution in [0, 0.1) is 0 Å². The summed E-state index contributed by atoms with van der Waals surface area (Å²) in [5, 5.41) is 1.18. The van der Waals surface area contributed by atoms with Gasteiger partial charge < -0.3 is 0 Å². The van der Waals surface area contributed by atoms with Gasteiger partial charge in [0.15, 0.2) is 0 Å². The molecule has 0 saturated heterocycles. The van der Waals surface area contributed by atoms with Crippen molar-refractivity contribution in [1.82, 2.24) is 9.29 Å². The van der Waals surface area contributed by atoms with Gasteiger partial charge in [-0.15, -0.1) is 0 Å². The Bertz CT molecular complexity index is 770. The molecule has 0 N–H and O–H groups in total. The Labute approximate surface area is 129 Å². The van der Waals surface area contributed by atoms with Crippen molar-refractivity contribution in [2.45, 2.75) is 36.6 Å². The number of nitrogens with zero attached hydrogens (tertiary/aromatic N) is 2. The molecule has 1 fully saturated rings. The molecular weight excluding hydrogens is 308 g/mol. The molecule has 21 heavy (non-hydrogen) atoms. The average Bonchev–Trinajstić information content (AvgIpc) is 2.99. The molecule has 2 aromatic rings. The normalized spacial score (nSPS) is 16.9. The molecule has 1 saturated carbocycles. The Morgan fingerprint density at radius 1 is 1.19 bits per heavy atom. The highest BCUT2D eigenvalue weighted by atomic mass is 35.5. The summed E-state index contributed by atoms with van der Waals surface area (Å²) < 4.78 is 26.9. The number of aromatic nitrogens is 1. The van der Waals surface area contributed by atoms with E-state index < -0.39 is 10.0 Å². The molecule has 3 rings (SSSR count). The van der Waals surface area contributed by atoms with Crippen LogP contribution in [0.4, 0.5) is 0 Å². The highest BCUT2D eigenvalue weighted by molar-refractivity contribution is 7.89. The van der Waals surface area contributed by atoms with E-state index in [4.69, 9.17) is 11.6 Å². The Morgan fingerprint density at radius 2 is 1.90 bits per heavy atom. The van der Waals surface area contributed by atoms with Crippen molar-refractivity contribution in [2.24, 2.45) is 0 Å². The summed E-state index contributed by atoms with van der Waals surface area (Å²) in [5.74, 6) is 0. The third kappa shape index (κ3) is 2.78. The van der Waals surface area contributed by atoms with Crippen molar-refractivity contribution in [1.29, 1.82) is 0 Å². The molecule has 0 bridgehead atoms. The van der Waals surface area contributed by atoms with E-state index in [2.05, 4.69) is 4.98 Å². The van der Waals surface area contributed by atoms with Gasteiger partial charge in [0.2, 0.25) is 10.0 Å². The lowest BCUT2D eigenvalue weighted by Crippen LogP contribution is -2.35. The Morgan fingerprint density at radius 3 is 2.62 bits per heavy atom. The first-order valence-electron chi connectivity index (χ1n) is 7.03. The summed E-state index contributed by atoms with van der Waals surface area (Å²) >= 11 is 5.85. The summed E-state index contributed by atoms with van der Waals surface area (Å²) in [7, 11) is -1.78. The largest absolute Gasteiger partial charge is 0.243 e. The first kappa shape index (κ1) is 14.8. The summed E-state index contributed by atoms with van der Waals surface area (Å²) in [6.07, 6.45) is 4.09. The third-order valence-corrected chi connectivity index (χ3v) is 6.26. The Kier molecular flexibility index (Phi) is 3.90. The number of rotatable bonds is 3. The molecule has 0 amide bonds. The maximum absolute atomic E-state index is 12.7. The van der Waals surface area contributed by atoms with Gasteiger partial charge in [-0.05, 0) is 43.2 Å². The quantitative estimate of drug-likeness (QED) is 0.812. The molecule has 0 atom stereocenters. The van der Waals surface area contributed by atoms with Crippen molar-refractivity contribution in [3.8, 4) is 0 Å². The monoisotopic (exact) mass is 324 g/mol. The van der Waals surface area contributed by atoms with Crippen LogP contribution in [0.3, 0.4) is 0 Å². The molecular formula is C15H17ClN2O2S. The fourth-order valence-corrected chi connectivity index (χ4v) is 4.48. The molecule has 0 unspecified atom stereocenters. The molecule has 1 aliphatic carbocycles. The number of sulfonamides is 1. The van der Waals surface area contributed by atoms with E-state index in [0.29, 0.717) is 15.6 Å². The standard InChI is InChI=1S/C15H17ClN2O2S/c1-18(12-4-2-3-5-12)21(19,20)13-7-8-14-11(10-13)6-9-15(16)17-14/h6-10,12H,2-5H2,1H3. The van der Waals surface area contributed by atoms with Gasteiger partial charge in [-0.1, -0.05) is 24.4 Å². The Hall–Kier alpha value is -1.17. The fraction of sp³-hybridized carbons (Fsp3) is 0.400. The van der Waals surface area contributed by atoms with Crippen LogP contribution in [0.2, 0.25) is 5.15 Å². The van der Waals surface area contributed by atoms with E-state index in [0.717, 1.165) is 31.1 Å². The number of halogens is 1. The van der Waals surface area contributed by atoms with E-state index in [1.165, 1.54) is 4.31 Å². The zero-order valence-corrected chi connectivity index (χ0v) is 13.4. The van der Waals surface area contributed by atoms with Gasteiger partial charge >= 0.3 is 0 Å². The average molecular weight is 325 g/mol. The first-order chi connectivity index (χ1) is 9.98. The minimum Gasteiger partial charge on any atom is -0.236 e. The van der Waals surface area contributed by atoms with Gasteiger partial charge in [0.1, 0.15) is 5.15 Å². The van der Waals surface area contributed by atoms with Crippen LogP contribution in [0.5, 0.6) is 0 Å². The molecule has 1 aliphatic rings. The van der Waals surface area contributed by atoms with Crippen LogP contribution in [0.25, 0.3) is 10.9 Å². The van der Waals surface area contributed by atoms with Gasteiger partial charge in [-0.3, -0.25) is 0 Å². The number of pyridine rings is 1. The minimum atomic E-state index is -3.45. The fourth-order valence-electron chi connectivity index (χ4n) is 2.87. The summed E-state index contributed by atoms with van der Waals surface area (Å²) in [6.45, 7) is 0. The number of hydrogen-bond donors (Lipinski definition) is 0. The van der Waals surface area contributed by atoms with E-state index in [1.807, 2.05) is 0 Å². The maximum atomic E-state index is 12.7. The van der Waals surface area contributed by atoms with Gasteiger partial charge in [0.25, 0.3) is 0 Å². The van der Waals surface area contributed by atoms with Gasteiger partial charge in [0, 0.05) is 18.5 Å².